The van der Waals surface area contributed by atoms with Gasteiger partial charge in [-0.3, -0.25) is 10.1 Å². The molecule has 0 spiro atoms. The van der Waals surface area contributed by atoms with Crippen molar-refractivity contribution in [3.63, 3.8) is 0 Å². The molecule has 0 fully saturated rings. The van der Waals surface area contributed by atoms with E-state index in [0.717, 1.165) is 48.7 Å². The van der Waals surface area contributed by atoms with Gasteiger partial charge in [-0.2, -0.15) is 5.10 Å². The lowest BCUT2D eigenvalue weighted by molar-refractivity contribution is 0.102. The third-order valence-corrected chi connectivity index (χ3v) is 5.69. The van der Waals surface area contributed by atoms with Crippen molar-refractivity contribution in [2.45, 2.75) is 26.4 Å². The molecule has 0 aliphatic carbocycles. The number of amides is 1. The van der Waals surface area contributed by atoms with Crippen LogP contribution < -0.4 is 10.2 Å². The highest BCUT2D eigenvalue weighted by Crippen LogP contribution is 2.25. The number of hydrogen-bond donors (Lipinski definition) is 1. The molecule has 2 aromatic carbocycles. The topological polar surface area (TPSA) is 76.2 Å². The van der Waals surface area contributed by atoms with Crippen LogP contribution in [0.2, 0.25) is 5.02 Å². The monoisotopic (exact) mass is 447 g/mol. The number of carbonyl (C=O) groups is 1. The van der Waals surface area contributed by atoms with Crippen LogP contribution in [0.4, 0.5) is 11.7 Å². The lowest BCUT2D eigenvalue weighted by atomic mass is 10.1. The fraction of sp³-hybridized carbons (Fsp3) is 0.208. The van der Waals surface area contributed by atoms with Gasteiger partial charge in [-0.1, -0.05) is 41.0 Å². The minimum absolute atomic E-state index is 0.253. The Balaban J connectivity index is 1.24. The molecule has 0 radical (unpaired) electrons. The van der Waals surface area contributed by atoms with Gasteiger partial charge in [-0.05, 0) is 43.2 Å². The molecule has 0 atom stereocenters. The molecule has 0 unspecified atom stereocenters. The van der Waals surface area contributed by atoms with Crippen molar-refractivity contribution in [3.05, 3.63) is 82.5 Å². The van der Waals surface area contributed by atoms with Crippen molar-refractivity contribution in [1.82, 2.24) is 14.9 Å². The number of anilines is 2. The van der Waals surface area contributed by atoms with Gasteiger partial charge in [0.05, 0.1) is 5.69 Å². The second-order valence-electron chi connectivity index (χ2n) is 7.88. The first-order chi connectivity index (χ1) is 15.5. The summed E-state index contributed by atoms with van der Waals surface area (Å²) in [4.78, 5) is 15.0. The van der Waals surface area contributed by atoms with E-state index in [-0.39, 0.29) is 11.8 Å². The summed E-state index contributed by atoms with van der Waals surface area (Å²) in [5, 5.41) is 11.9. The number of halogens is 1. The maximum atomic E-state index is 12.6. The lowest BCUT2D eigenvalue weighted by Crippen LogP contribution is -2.31. The van der Waals surface area contributed by atoms with Crippen LogP contribution in [0.5, 0.6) is 0 Å². The van der Waals surface area contributed by atoms with Gasteiger partial charge in [0.15, 0.2) is 0 Å². The molecule has 3 heterocycles. The molecule has 32 heavy (non-hydrogen) atoms. The number of hydrogen-bond acceptors (Lipinski definition) is 5. The van der Waals surface area contributed by atoms with Gasteiger partial charge in [-0.15, -0.1) is 0 Å². The highest BCUT2D eigenvalue weighted by Gasteiger charge is 2.19. The molecule has 2 aromatic heterocycles. The van der Waals surface area contributed by atoms with Crippen LogP contribution in [0, 0.1) is 6.92 Å². The van der Waals surface area contributed by atoms with Crippen molar-refractivity contribution in [3.8, 4) is 11.3 Å². The molecular formula is C24H22ClN5O2. The highest BCUT2D eigenvalue weighted by molar-refractivity contribution is 6.30. The Morgan fingerprint density at radius 2 is 1.97 bits per heavy atom. The molecule has 0 bridgehead atoms. The van der Waals surface area contributed by atoms with Crippen molar-refractivity contribution in [2.24, 2.45) is 0 Å². The minimum atomic E-state index is -0.253. The fourth-order valence-corrected chi connectivity index (χ4v) is 4.11. The highest BCUT2D eigenvalue weighted by atomic mass is 35.5. The first-order valence-corrected chi connectivity index (χ1v) is 10.9. The standard InChI is InChI=1S/C24H22ClN5O2/c1-16-12-23-29(10-3-11-30(23)27-16)15-17-6-8-18(9-7-17)24(31)26-22-14-21(28-32-22)19-4-2-5-20(25)13-19/h2,4-9,12-14H,3,10-11,15H2,1H3,(H,26,31). The number of nitrogens with zero attached hydrogens (tertiary/aromatic N) is 4. The molecule has 0 saturated heterocycles. The Morgan fingerprint density at radius 3 is 2.78 bits per heavy atom. The average molecular weight is 448 g/mol. The average Bonchev–Trinajstić information content (AvgIpc) is 3.40. The Morgan fingerprint density at radius 1 is 1.12 bits per heavy atom. The smallest absolute Gasteiger partial charge is 0.258 e. The van der Waals surface area contributed by atoms with Crippen molar-refractivity contribution in [2.75, 3.05) is 16.8 Å². The van der Waals surface area contributed by atoms with Crippen molar-refractivity contribution < 1.29 is 9.32 Å². The summed E-state index contributed by atoms with van der Waals surface area (Å²) in [7, 11) is 0. The predicted octanol–water partition coefficient (Wildman–Crippen LogP) is 5.16. The minimum Gasteiger partial charge on any atom is -0.352 e. The Hall–Kier alpha value is -3.58. The zero-order valence-electron chi connectivity index (χ0n) is 17.6. The summed E-state index contributed by atoms with van der Waals surface area (Å²) in [6, 6.07) is 18.7. The maximum absolute atomic E-state index is 12.6. The zero-order chi connectivity index (χ0) is 22.1. The second kappa shape index (κ2) is 8.51. The summed E-state index contributed by atoms with van der Waals surface area (Å²) in [6.45, 7) is 4.74. The summed E-state index contributed by atoms with van der Waals surface area (Å²) in [5.74, 6) is 1.18. The summed E-state index contributed by atoms with van der Waals surface area (Å²) in [5.41, 5.74) is 4.14. The number of aryl methyl sites for hydroxylation is 2. The van der Waals surface area contributed by atoms with E-state index in [1.165, 1.54) is 0 Å². The van der Waals surface area contributed by atoms with Gasteiger partial charge in [0.25, 0.3) is 5.91 Å². The zero-order valence-corrected chi connectivity index (χ0v) is 18.3. The van der Waals surface area contributed by atoms with Gasteiger partial charge in [-0.25, -0.2) is 4.68 Å². The van der Waals surface area contributed by atoms with E-state index >= 15 is 0 Å². The first-order valence-electron chi connectivity index (χ1n) is 10.5. The molecule has 5 rings (SSSR count). The molecule has 1 aliphatic heterocycles. The van der Waals surface area contributed by atoms with Crippen LogP contribution >= 0.6 is 11.6 Å². The van der Waals surface area contributed by atoms with Crippen LogP contribution in [0.3, 0.4) is 0 Å². The van der Waals surface area contributed by atoms with Crippen LogP contribution in [0.25, 0.3) is 11.3 Å². The Bertz CT molecular complexity index is 1260. The summed E-state index contributed by atoms with van der Waals surface area (Å²) >= 11 is 6.03. The third kappa shape index (κ3) is 4.24. The SMILES string of the molecule is Cc1cc2n(n1)CCCN2Cc1ccc(C(=O)Nc2cc(-c3cccc(Cl)c3)no2)cc1. The van der Waals surface area contributed by atoms with E-state index in [0.29, 0.717) is 16.3 Å². The number of aromatic nitrogens is 3. The van der Waals surface area contributed by atoms with Gasteiger partial charge in [0, 0.05) is 47.9 Å². The molecular weight excluding hydrogens is 426 g/mol. The Labute approximate surface area is 190 Å². The molecule has 1 amide bonds. The van der Waals surface area contributed by atoms with Gasteiger partial charge < -0.3 is 9.42 Å². The van der Waals surface area contributed by atoms with E-state index in [9.17, 15) is 4.79 Å². The first kappa shape index (κ1) is 20.3. The second-order valence-corrected chi connectivity index (χ2v) is 8.32. The van der Waals surface area contributed by atoms with Crippen LogP contribution in [-0.4, -0.2) is 27.4 Å². The number of fused-ring (bicyclic) bond motifs is 1. The van der Waals surface area contributed by atoms with Gasteiger partial charge >= 0.3 is 0 Å². The molecule has 7 nitrogen and oxygen atoms in total. The molecule has 8 heteroatoms. The van der Waals surface area contributed by atoms with Crippen molar-refractivity contribution >= 4 is 29.2 Å². The van der Waals surface area contributed by atoms with E-state index < -0.39 is 0 Å². The van der Waals surface area contributed by atoms with Crippen molar-refractivity contribution in [1.29, 1.82) is 0 Å². The fourth-order valence-electron chi connectivity index (χ4n) is 3.92. The summed E-state index contributed by atoms with van der Waals surface area (Å²) in [6.07, 6.45) is 1.07. The molecule has 1 N–H and O–H groups in total. The molecule has 1 aliphatic rings. The van der Waals surface area contributed by atoms with E-state index in [2.05, 4.69) is 31.2 Å². The molecule has 4 aromatic rings. The number of benzene rings is 2. The van der Waals surface area contributed by atoms with Gasteiger partial charge in [0.1, 0.15) is 11.5 Å². The number of nitrogens with one attached hydrogen (secondary N) is 1. The lowest BCUT2D eigenvalue weighted by Gasteiger charge is -2.29. The number of carbonyl (C=O) groups excluding carboxylic acids is 1. The normalized spacial score (nSPS) is 13.1. The molecule has 0 saturated carbocycles. The number of rotatable bonds is 5. The quantitative estimate of drug-likeness (QED) is 0.457. The molecule has 162 valence electrons. The van der Waals surface area contributed by atoms with Crippen LogP contribution in [0.1, 0.15) is 28.0 Å². The van der Waals surface area contributed by atoms with Crippen LogP contribution in [0.15, 0.2) is 65.2 Å². The third-order valence-electron chi connectivity index (χ3n) is 5.46. The maximum Gasteiger partial charge on any atom is 0.258 e. The largest absolute Gasteiger partial charge is 0.352 e. The predicted molar refractivity (Wildman–Crippen MR) is 124 cm³/mol. The van der Waals surface area contributed by atoms with Crippen LogP contribution in [-0.2, 0) is 13.1 Å². The van der Waals surface area contributed by atoms with E-state index in [1.54, 1.807) is 18.2 Å². The Kier molecular flexibility index (Phi) is 5.41. The summed E-state index contributed by atoms with van der Waals surface area (Å²) < 4.78 is 7.34. The van der Waals surface area contributed by atoms with E-state index in [1.807, 2.05) is 43.3 Å². The van der Waals surface area contributed by atoms with E-state index in [4.69, 9.17) is 16.1 Å². The van der Waals surface area contributed by atoms with Gasteiger partial charge in [0.2, 0.25) is 5.88 Å².